The van der Waals surface area contributed by atoms with Crippen LogP contribution in [0.15, 0.2) is 29.2 Å². The third-order valence-corrected chi connectivity index (χ3v) is 4.48. The SMILES string of the molecule is CCCCC(CC)CNC(=O)c1ccccc1SCC. The minimum absolute atomic E-state index is 0.0662. The summed E-state index contributed by atoms with van der Waals surface area (Å²) in [5.74, 6) is 1.65. The van der Waals surface area contributed by atoms with Crippen molar-refractivity contribution in [1.82, 2.24) is 5.32 Å². The van der Waals surface area contributed by atoms with Gasteiger partial charge in [0.25, 0.3) is 5.91 Å². The van der Waals surface area contributed by atoms with Crippen molar-refractivity contribution >= 4 is 17.7 Å². The van der Waals surface area contributed by atoms with Gasteiger partial charge in [0.1, 0.15) is 0 Å². The van der Waals surface area contributed by atoms with Gasteiger partial charge in [-0.3, -0.25) is 4.79 Å². The van der Waals surface area contributed by atoms with E-state index in [2.05, 4.69) is 26.1 Å². The molecule has 0 aliphatic heterocycles. The van der Waals surface area contributed by atoms with Gasteiger partial charge >= 0.3 is 0 Å². The number of carbonyl (C=O) groups is 1. The van der Waals surface area contributed by atoms with Gasteiger partial charge in [-0.2, -0.15) is 0 Å². The third kappa shape index (κ3) is 5.58. The van der Waals surface area contributed by atoms with E-state index in [1.54, 1.807) is 11.8 Å². The molecule has 20 heavy (non-hydrogen) atoms. The highest BCUT2D eigenvalue weighted by Gasteiger charge is 2.12. The fraction of sp³-hybridized carbons (Fsp3) is 0.588. The summed E-state index contributed by atoms with van der Waals surface area (Å²) in [5.41, 5.74) is 0.810. The smallest absolute Gasteiger partial charge is 0.252 e. The van der Waals surface area contributed by atoms with Gasteiger partial charge in [0.2, 0.25) is 0 Å². The standard InChI is InChI=1S/C17H27NOS/c1-4-7-10-14(5-2)13-18-17(19)15-11-8-9-12-16(15)20-6-3/h8-9,11-12,14H,4-7,10,13H2,1-3H3,(H,18,19). The van der Waals surface area contributed by atoms with Crippen molar-refractivity contribution in [2.75, 3.05) is 12.3 Å². The topological polar surface area (TPSA) is 29.1 Å². The molecule has 1 aromatic rings. The average molecular weight is 293 g/mol. The fourth-order valence-corrected chi connectivity index (χ4v) is 3.01. The zero-order valence-corrected chi connectivity index (χ0v) is 13.8. The predicted molar refractivity (Wildman–Crippen MR) is 88.5 cm³/mol. The van der Waals surface area contributed by atoms with Crippen molar-refractivity contribution in [2.45, 2.75) is 51.3 Å². The van der Waals surface area contributed by atoms with Crippen LogP contribution >= 0.6 is 11.8 Å². The number of benzene rings is 1. The molecule has 0 radical (unpaired) electrons. The summed E-state index contributed by atoms with van der Waals surface area (Å²) in [4.78, 5) is 13.4. The maximum absolute atomic E-state index is 12.3. The average Bonchev–Trinajstić information content (AvgIpc) is 2.48. The van der Waals surface area contributed by atoms with Crippen molar-refractivity contribution in [2.24, 2.45) is 5.92 Å². The Morgan fingerprint density at radius 1 is 1.25 bits per heavy atom. The molecule has 0 saturated heterocycles. The van der Waals surface area contributed by atoms with Gasteiger partial charge in [-0.1, -0.05) is 52.2 Å². The molecular formula is C17H27NOS. The highest BCUT2D eigenvalue weighted by molar-refractivity contribution is 7.99. The molecule has 0 fully saturated rings. The zero-order valence-electron chi connectivity index (χ0n) is 12.9. The number of carbonyl (C=O) groups excluding carboxylic acids is 1. The molecule has 2 nitrogen and oxygen atoms in total. The summed E-state index contributed by atoms with van der Waals surface area (Å²) in [6.45, 7) is 7.31. The molecule has 0 aromatic heterocycles. The van der Waals surface area contributed by atoms with E-state index >= 15 is 0 Å². The van der Waals surface area contributed by atoms with E-state index in [1.807, 2.05) is 24.3 Å². The molecule has 3 heteroatoms. The Hall–Kier alpha value is -0.960. The Morgan fingerprint density at radius 2 is 2.00 bits per heavy atom. The first-order chi connectivity index (χ1) is 9.72. The molecule has 0 aliphatic carbocycles. The minimum atomic E-state index is 0.0662. The Labute approximate surface area is 127 Å². The lowest BCUT2D eigenvalue weighted by Crippen LogP contribution is -2.29. The number of nitrogens with one attached hydrogen (secondary N) is 1. The first-order valence-electron chi connectivity index (χ1n) is 7.72. The summed E-state index contributed by atoms with van der Waals surface area (Å²) in [5, 5.41) is 3.11. The lowest BCUT2D eigenvalue weighted by atomic mass is 9.99. The van der Waals surface area contributed by atoms with Crippen LogP contribution < -0.4 is 5.32 Å². The first-order valence-corrected chi connectivity index (χ1v) is 8.71. The van der Waals surface area contributed by atoms with Crippen molar-refractivity contribution < 1.29 is 4.79 Å². The van der Waals surface area contributed by atoms with Crippen molar-refractivity contribution in [3.05, 3.63) is 29.8 Å². The van der Waals surface area contributed by atoms with Crippen molar-refractivity contribution in [3.63, 3.8) is 0 Å². The molecule has 0 heterocycles. The second-order valence-corrected chi connectivity index (χ2v) is 6.36. The van der Waals surface area contributed by atoms with Crippen LogP contribution in [0.2, 0.25) is 0 Å². The molecule has 0 spiro atoms. The lowest BCUT2D eigenvalue weighted by molar-refractivity contribution is 0.0943. The summed E-state index contributed by atoms with van der Waals surface area (Å²) >= 11 is 1.72. The number of rotatable bonds is 9. The summed E-state index contributed by atoms with van der Waals surface area (Å²) in [7, 11) is 0. The van der Waals surface area contributed by atoms with Gasteiger partial charge in [-0.05, 0) is 30.2 Å². The third-order valence-electron chi connectivity index (χ3n) is 3.53. The van der Waals surface area contributed by atoms with Crippen LogP contribution in [-0.4, -0.2) is 18.2 Å². The van der Waals surface area contributed by atoms with E-state index in [0.717, 1.165) is 29.2 Å². The van der Waals surface area contributed by atoms with Crippen molar-refractivity contribution in [3.8, 4) is 0 Å². The van der Waals surface area contributed by atoms with Crippen LogP contribution in [0.25, 0.3) is 0 Å². The van der Waals surface area contributed by atoms with Gasteiger partial charge < -0.3 is 5.32 Å². The number of unbranched alkanes of at least 4 members (excludes halogenated alkanes) is 1. The summed E-state index contributed by atoms with van der Waals surface area (Å²) < 4.78 is 0. The molecule has 1 aromatic carbocycles. The van der Waals surface area contributed by atoms with E-state index < -0.39 is 0 Å². The molecule has 0 saturated carbocycles. The Bertz CT molecular complexity index is 406. The zero-order chi connectivity index (χ0) is 14.8. The monoisotopic (exact) mass is 293 g/mol. The van der Waals surface area contributed by atoms with Gasteiger partial charge in [0.05, 0.1) is 5.56 Å². The van der Waals surface area contributed by atoms with Gasteiger partial charge in [-0.25, -0.2) is 0 Å². The molecular weight excluding hydrogens is 266 g/mol. The fourth-order valence-electron chi connectivity index (χ4n) is 2.21. The second-order valence-electron chi connectivity index (χ2n) is 5.06. The highest BCUT2D eigenvalue weighted by Crippen LogP contribution is 2.22. The van der Waals surface area contributed by atoms with Gasteiger partial charge in [-0.15, -0.1) is 11.8 Å². The largest absolute Gasteiger partial charge is 0.352 e. The quantitative estimate of drug-likeness (QED) is 0.666. The Balaban J connectivity index is 2.57. The predicted octanol–water partition coefficient (Wildman–Crippen LogP) is 4.74. The van der Waals surface area contributed by atoms with E-state index in [-0.39, 0.29) is 5.91 Å². The van der Waals surface area contributed by atoms with Gasteiger partial charge in [0.15, 0.2) is 0 Å². The van der Waals surface area contributed by atoms with Crippen LogP contribution in [0, 0.1) is 5.92 Å². The first kappa shape index (κ1) is 17.1. The van der Waals surface area contributed by atoms with Crippen LogP contribution in [-0.2, 0) is 0 Å². The van der Waals surface area contributed by atoms with E-state index in [0.29, 0.717) is 5.92 Å². The molecule has 1 amide bonds. The highest BCUT2D eigenvalue weighted by atomic mass is 32.2. The summed E-state index contributed by atoms with van der Waals surface area (Å²) in [6, 6.07) is 7.87. The lowest BCUT2D eigenvalue weighted by Gasteiger charge is -2.16. The van der Waals surface area contributed by atoms with E-state index in [4.69, 9.17) is 0 Å². The number of amides is 1. The Kier molecular flexibility index (Phi) is 8.43. The minimum Gasteiger partial charge on any atom is -0.352 e. The number of hydrogen-bond acceptors (Lipinski definition) is 2. The Morgan fingerprint density at radius 3 is 2.65 bits per heavy atom. The molecule has 1 atom stereocenters. The molecule has 112 valence electrons. The van der Waals surface area contributed by atoms with Crippen molar-refractivity contribution in [1.29, 1.82) is 0 Å². The maximum Gasteiger partial charge on any atom is 0.252 e. The molecule has 1 unspecified atom stereocenters. The molecule has 0 aliphatic rings. The molecule has 1 rings (SSSR count). The normalized spacial score (nSPS) is 12.2. The molecule has 1 N–H and O–H groups in total. The number of hydrogen-bond donors (Lipinski definition) is 1. The van der Waals surface area contributed by atoms with Gasteiger partial charge in [0, 0.05) is 11.4 Å². The second kappa shape index (κ2) is 9.87. The molecule has 0 bridgehead atoms. The van der Waals surface area contributed by atoms with E-state index in [9.17, 15) is 4.79 Å². The van der Waals surface area contributed by atoms with Crippen LogP contribution in [0.5, 0.6) is 0 Å². The summed E-state index contributed by atoms with van der Waals surface area (Å²) in [6.07, 6.45) is 4.81. The number of thioether (sulfide) groups is 1. The maximum atomic E-state index is 12.3. The van der Waals surface area contributed by atoms with Crippen LogP contribution in [0.1, 0.15) is 56.8 Å². The van der Waals surface area contributed by atoms with Crippen LogP contribution in [0.3, 0.4) is 0 Å². The van der Waals surface area contributed by atoms with Crippen LogP contribution in [0.4, 0.5) is 0 Å². The van der Waals surface area contributed by atoms with E-state index in [1.165, 1.54) is 19.3 Å².